The molecule has 0 atom stereocenters. The zero-order valence-corrected chi connectivity index (χ0v) is 22.8. The highest BCUT2D eigenvalue weighted by molar-refractivity contribution is 5.52. The molecule has 0 N–H and O–H groups in total. The van der Waals surface area contributed by atoms with Gasteiger partial charge < -0.3 is 0 Å². The Labute approximate surface area is 212 Å². The Morgan fingerprint density at radius 1 is 0.559 bits per heavy atom. The van der Waals surface area contributed by atoms with E-state index in [1.54, 1.807) is 0 Å². The summed E-state index contributed by atoms with van der Waals surface area (Å²) in [5.74, 6) is 1.39. The van der Waals surface area contributed by atoms with Crippen molar-refractivity contribution in [2.45, 2.75) is 149 Å². The van der Waals surface area contributed by atoms with Crippen molar-refractivity contribution < 1.29 is 4.57 Å². The van der Waals surface area contributed by atoms with Gasteiger partial charge in [-0.15, -0.1) is 0 Å². The molecule has 34 heavy (non-hydrogen) atoms. The van der Waals surface area contributed by atoms with E-state index >= 15 is 0 Å². The lowest BCUT2D eigenvalue weighted by Gasteiger charge is -2.06. The van der Waals surface area contributed by atoms with Crippen LogP contribution in [0.15, 0.2) is 42.7 Å². The third-order valence-corrected chi connectivity index (χ3v) is 7.26. The molecule has 2 heteroatoms. The van der Waals surface area contributed by atoms with Gasteiger partial charge in [-0.05, 0) is 37.8 Å². The number of unbranched alkanes of at least 4 members (excludes halogenated alkanes) is 17. The van der Waals surface area contributed by atoms with Crippen LogP contribution in [0.5, 0.6) is 0 Å². The van der Waals surface area contributed by atoms with Crippen LogP contribution < -0.4 is 4.57 Å². The van der Waals surface area contributed by atoms with Gasteiger partial charge in [0.1, 0.15) is 12.4 Å². The molecule has 1 aromatic heterocycles. The summed E-state index contributed by atoms with van der Waals surface area (Å²) in [4.78, 5) is 0. The Morgan fingerprint density at radius 3 is 1.56 bits per heavy atom. The highest BCUT2D eigenvalue weighted by Crippen LogP contribution is 2.18. The van der Waals surface area contributed by atoms with Crippen LogP contribution in [0.25, 0.3) is 11.4 Å². The first kappa shape index (κ1) is 28.7. The molecule has 0 fully saturated rings. The van der Waals surface area contributed by atoms with Crippen LogP contribution in [0.1, 0.15) is 136 Å². The molecular weight excluding hydrogens is 412 g/mol. The first-order valence-electron chi connectivity index (χ1n) is 15.0. The lowest BCUT2D eigenvalue weighted by atomic mass is 10.0. The molecule has 0 amide bonds. The Kier molecular flexibility index (Phi) is 16.6. The van der Waals surface area contributed by atoms with Gasteiger partial charge in [0, 0.05) is 0 Å². The summed E-state index contributed by atoms with van der Waals surface area (Å²) in [6, 6.07) is 11.0. The smallest absolute Gasteiger partial charge is 0.230 e. The van der Waals surface area contributed by atoms with Gasteiger partial charge in [0.05, 0.1) is 18.7 Å². The minimum atomic E-state index is 1.14. The van der Waals surface area contributed by atoms with Gasteiger partial charge >= 0.3 is 0 Å². The standard InChI is InChI=1S/C32H55N2/c1-3-5-7-9-10-11-12-13-14-15-16-17-19-24-28-34-30-29-33(27-23-18-8-6-4-2)32(34)31-25-21-20-22-26-31/h20-22,25-26,29-30H,3-19,23-24,27-28H2,1-2H3/q+1. The highest BCUT2D eigenvalue weighted by atomic mass is 15.1. The first-order valence-corrected chi connectivity index (χ1v) is 15.0. The molecule has 2 aromatic rings. The van der Waals surface area contributed by atoms with Crippen LogP contribution >= 0.6 is 0 Å². The number of hydrogen-bond donors (Lipinski definition) is 0. The molecule has 0 spiro atoms. The van der Waals surface area contributed by atoms with Gasteiger partial charge in [0.2, 0.25) is 0 Å². The molecule has 0 saturated carbocycles. The van der Waals surface area contributed by atoms with E-state index in [-0.39, 0.29) is 0 Å². The van der Waals surface area contributed by atoms with Crippen molar-refractivity contribution in [3.8, 4) is 11.4 Å². The maximum Gasteiger partial charge on any atom is 0.288 e. The summed E-state index contributed by atoms with van der Waals surface area (Å²) in [5, 5.41) is 0. The van der Waals surface area contributed by atoms with E-state index in [1.165, 1.54) is 133 Å². The monoisotopic (exact) mass is 467 g/mol. The lowest BCUT2D eigenvalue weighted by molar-refractivity contribution is -0.686. The molecule has 0 unspecified atom stereocenters. The van der Waals surface area contributed by atoms with E-state index in [9.17, 15) is 0 Å². The molecule has 1 heterocycles. The van der Waals surface area contributed by atoms with Crippen molar-refractivity contribution in [1.82, 2.24) is 4.57 Å². The van der Waals surface area contributed by atoms with E-state index in [4.69, 9.17) is 0 Å². The van der Waals surface area contributed by atoms with Crippen LogP contribution in [0, 0.1) is 0 Å². The minimum absolute atomic E-state index is 1.14. The second-order valence-electron chi connectivity index (χ2n) is 10.4. The fourth-order valence-corrected chi connectivity index (χ4v) is 5.11. The Morgan fingerprint density at radius 2 is 1.03 bits per heavy atom. The molecule has 2 rings (SSSR count). The molecule has 0 bridgehead atoms. The number of benzene rings is 1. The van der Waals surface area contributed by atoms with E-state index in [2.05, 4.69) is 65.7 Å². The van der Waals surface area contributed by atoms with Crippen LogP contribution in [0.3, 0.4) is 0 Å². The van der Waals surface area contributed by atoms with Crippen LogP contribution in [0.4, 0.5) is 0 Å². The van der Waals surface area contributed by atoms with Crippen molar-refractivity contribution >= 4 is 0 Å². The Hall–Kier alpha value is -1.57. The quantitative estimate of drug-likeness (QED) is 0.120. The summed E-state index contributed by atoms with van der Waals surface area (Å²) < 4.78 is 4.99. The van der Waals surface area contributed by atoms with E-state index in [0.29, 0.717) is 0 Å². The van der Waals surface area contributed by atoms with Gasteiger partial charge in [0.15, 0.2) is 0 Å². The normalized spacial score (nSPS) is 11.4. The topological polar surface area (TPSA) is 8.81 Å². The van der Waals surface area contributed by atoms with Crippen LogP contribution in [-0.2, 0) is 13.1 Å². The fourth-order valence-electron chi connectivity index (χ4n) is 5.11. The van der Waals surface area contributed by atoms with Crippen molar-refractivity contribution in [1.29, 1.82) is 0 Å². The maximum atomic E-state index is 2.50. The maximum absolute atomic E-state index is 2.50. The number of rotatable bonds is 22. The van der Waals surface area contributed by atoms with Gasteiger partial charge in [-0.25, -0.2) is 9.13 Å². The largest absolute Gasteiger partial charge is 0.288 e. The van der Waals surface area contributed by atoms with Gasteiger partial charge in [0.25, 0.3) is 5.82 Å². The molecule has 0 radical (unpaired) electrons. The van der Waals surface area contributed by atoms with Crippen molar-refractivity contribution in [2.75, 3.05) is 0 Å². The summed E-state index contributed by atoms with van der Waals surface area (Å²) >= 11 is 0. The van der Waals surface area contributed by atoms with E-state index < -0.39 is 0 Å². The first-order chi connectivity index (χ1) is 16.9. The summed E-state index contributed by atoms with van der Waals surface area (Å²) in [7, 11) is 0. The van der Waals surface area contributed by atoms with Crippen LogP contribution in [0.2, 0.25) is 0 Å². The molecule has 0 aliphatic rings. The second-order valence-corrected chi connectivity index (χ2v) is 10.4. The average Bonchev–Trinajstić information content (AvgIpc) is 3.27. The molecule has 2 nitrogen and oxygen atoms in total. The number of aryl methyl sites for hydroxylation is 2. The number of aromatic nitrogens is 2. The Balaban J connectivity index is 1.62. The van der Waals surface area contributed by atoms with Gasteiger partial charge in [-0.2, -0.15) is 0 Å². The summed E-state index contributed by atoms with van der Waals surface area (Å²) in [6.45, 7) is 6.87. The van der Waals surface area contributed by atoms with Crippen molar-refractivity contribution in [2.24, 2.45) is 0 Å². The summed E-state index contributed by atoms with van der Waals surface area (Å²) in [5.41, 5.74) is 1.35. The van der Waals surface area contributed by atoms with Crippen molar-refractivity contribution in [3.63, 3.8) is 0 Å². The lowest BCUT2D eigenvalue weighted by Crippen LogP contribution is -2.34. The molecule has 0 aliphatic carbocycles. The molecule has 1 aromatic carbocycles. The number of nitrogens with zero attached hydrogens (tertiary/aromatic N) is 2. The SMILES string of the molecule is CCCCCCCCCCCCCCCCn1cc[n+](CCCCCCC)c1-c1ccccc1. The van der Waals surface area contributed by atoms with Crippen LogP contribution in [-0.4, -0.2) is 4.57 Å². The number of imidazole rings is 1. The minimum Gasteiger partial charge on any atom is -0.230 e. The van der Waals surface area contributed by atoms with Gasteiger partial charge in [-0.1, -0.05) is 128 Å². The Bertz CT molecular complexity index is 703. The van der Waals surface area contributed by atoms with Crippen molar-refractivity contribution in [3.05, 3.63) is 42.7 Å². The summed E-state index contributed by atoms with van der Waals surface area (Å²) in [6.07, 6.45) is 31.2. The zero-order valence-electron chi connectivity index (χ0n) is 22.8. The third-order valence-electron chi connectivity index (χ3n) is 7.26. The third kappa shape index (κ3) is 12.2. The second kappa shape index (κ2) is 19.7. The van der Waals surface area contributed by atoms with Gasteiger partial charge in [-0.3, -0.25) is 0 Å². The predicted octanol–water partition coefficient (Wildman–Crippen LogP) is 9.89. The predicted molar refractivity (Wildman–Crippen MR) is 149 cm³/mol. The highest BCUT2D eigenvalue weighted by Gasteiger charge is 2.18. The molecule has 0 saturated heterocycles. The number of hydrogen-bond acceptors (Lipinski definition) is 0. The molecule has 192 valence electrons. The van der Waals surface area contributed by atoms with E-state index in [1.807, 2.05) is 0 Å². The molecule has 0 aliphatic heterocycles. The zero-order chi connectivity index (χ0) is 24.1. The fraction of sp³-hybridized carbons (Fsp3) is 0.719. The molecular formula is C32H55N2+. The average molecular weight is 468 g/mol. The van der Waals surface area contributed by atoms with E-state index in [0.717, 1.165) is 13.1 Å².